The molecule has 0 radical (unpaired) electrons. The first-order valence-corrected chi connectivity index (χ1v) is 8.42. The predicted molar refractivity (Wildman–Crippen MR) is 93.5 cm³/mol. The number of carbonyl (C=O) groups is 1. The van der Waals surface area contributed by atoms with E-state index < -0.39 is 23.8 Å². The number of amides is 1. The normalized spacial score (nSPS) is 13.8. The highest BCUT2D eigenvalue weighted by Crippen LogP contribution is 2.24. The Morgan fingerprint density at radius 3 is 2.38 bits per heavy atom. The molecule has 6 heteroatoms. The second kappa shape index (κ2) is 9.25. The molecule has 0 aliphatic carbocycles. The molecule has 1 aromatic carbocycles. The van der Waals surface area contributed by atoms with E-state index in [0.29, 0.717) is 12.0 Å². The van der Waals surface area contributed by atoms with Gasteiger partial charge in [-0.2, -0.15) is 0 Å². The number of ether oxygens (including phenoxy) is 1. The van der Waals surface area contributed by atoms with Gasteiger partial charge in [-0.3, -0.25) is 10.1 Å². The smallest absolute Gasteiger partial charge is 0.408 e. The van der Waals surface area contributed by atoms with E-state index in [-0.39, 0.29) is 4.92 Å². The van der Waals surface area contributed by atoms with Gasteiger partial charge in [0.05, 0.1) is 0 Å². The van der Waals surface area contributed by atoms with Gasteiger partial charge in [0.15, 0.2) is 0 Å². The van der Waals surface area contributed by atoms with Crippen LogP contribution in [0.4, 0.5) is 4.79 Å². The van der Waals surface area contributed by atoms with Crippen LogP contribution in [-0.2, 0) is 4.74 Å². The molecule has 1 amide bonds. The number of nitrogens with one attached hydrogen (secondary N) is 1. The standard InChI is InChI=1S/C18H28N2O4/c1-5-6-8-13-15(20(22)23)16(14-11-9-7-10-12-14)19-17(21)24-18(2,3)4/h7,9-12,15-16H,5-6,8,13H2,1-4H3,(H,19,21)/t15-,16+/m0/s1. The molecule has 1 rings (SSSR count). The average molecular weight is 336 g/mol. The van der Waals surface area contributed by atoms with Gasteiger partial charge < -0.3 is 10.1 Å². The van der Waals surface area contributed by atoms with E-state index in [1.54, 1.807) is 32.9 Å². The zero-order valence-corrected chi connectivity index (χ0v) is 15.0. The third kappa shape index (κ3) is 6.98. The number of nitrogens with zero attached hydrogens (tertiary/aromatic N) is 1. The summed E-state index contributed by atoms with van der Waals surface area (Å²) in [6.07, 6.45) is 2.44. The molecule has 6 nitrogen and oxygen atoms in total. The lowest BCUT2D eigenvalue weighted by molar-refractivity contribution is -0.528. The van der Waals surface area contributed by atoms with E-state index in [2.05, 4.69) is 12.2 Å². The predicted octanol–water partition coefficient (Wildman–Crippen LogP) is 4.48. The van der Waals surface area contributed by atoms with Crippen molar-refractivity contribution in [2.45, 2.75) is 71.1 Å². The van der Waals surface area contributed by atoms with E-state index >= 15 is 0 Å². The van der Waals surface area contributed by atoms with Crippen molar-refractivity contribution < 1.29 is 14.5 Å². The van der Waals surface area contributed by atoms with Gasteiger partial charge in [-0.05, 0) is 32.8 Å². The van der Waals surface area contributed by atoms with Crippen LogP contribution in [0.25, 0.3) is 0 Å². The third-order valence-corrected chi connectivity index (χ3v) is 3.59. The van der Waals surface area contributed by atoms with Gasteiger partial charge in [0.1, 0.15) is 11.6 Å². The molecule has 0 aromatic heterocycles. The van der Waals surface area contributed by atoms with Crippen LogP contribution in [-0.4, -0.2) is 22.7 Å². The molecule has 134 valence electrons. The number of alkyl carbamates (subject to hydrolysis) is 1. The number of hydrogen-bond acceptors (Lipinski definition) is 4. The average Bonchev–Trinajstić information content (AvgIpc) is 2.48. The van der Waals surface area contributed by atoms with Crippen LogP contribution in [0.3, 0.4) is 0 Å². The molecule has 1 N–H and O–H groups in total. The number of carbonyl (C=O) groups excluding carboxylic acids is 1. The second-order valence-electron chi connectivity index (χ2n) is 6.88. The molecule has 0 fully saturated rings. The molecule has 0 bridgehead atoms. The Kier molecular flexibility index (Phi) is 7.68. The van der Waals surface area contributed by atoms with Crippen LogP contribution >= 0.6 is 0 Å². The van der Waals surface area contributed by atoms with E-state index in [9.17, 15) is 14.9 Å². The fourth-order valence-corrected chi connectivity index (χ4v) is 2.49. The quantitative estimate of drug-likeness (QED) is 0.431. The lowest BCUT2D eigenvalue weighted by atomic mass is 9.95. The van der Waals surface area contributed by atoms with Crippen molar-refractivity contribution in [2.24, 2.45) is 0 Å². The SMILES string of the molecule is CCCCC[C@@H]([C@H](NC(=O)OC(C)(C)C)c1ccccc1)[N+](=O)[O-]. The van der Waals surface area contributed by atoms with Gasteiger partial charge in [0.25, 0.3) is 0 Å². The first kappa shape index (κ1) is 19.9. The van der Waals surface area contributed by atoms with Crippen LogP contribution in [0.15, 0.2) is 30.3 Å². The number of hydrogen-bond donors (Lipinski definition) is 1. The van der Waals surface area contributed by atoms with Crippen molar-refractivity contribution in [3.8, 4) is 0 Å². The molecule has 0 heterocycles. The lowest BCUT2D eigenvalue weighted by Crippen LogP contribution is -2.42. The number of unbranched alkanes of at least 4 members (excludes halogenated alkanes) is 2. The molecular formula is C18H28N2O4. The van der Waals surface area contributed by atoms with Crippen molar-refractivity contribution in [1.82, 2.24) is 5.32 Å². The Morgan fingerprint density at radius 2 is 1.88 bits per heavy atom. The monoisotopic (exact) mass is 336 g/mol. The maximum Gasteiger partial charge on any atom is 0.408 e. The Bertz CT molecular complexity index is 526. The van der Waals surface area contributed by atoms with E-state index in [1.165, 1.54) is 0 Å². The molecular weight excluding hydrogens is 308 g/mol. The molecule has 0 spiro atoms. The minimum Gasteiger partial charge on any atom is -0.444 e. The Balaban J connectivity index is 2.98. The number of rotatable bonds is 8. The van der Waals surface area contributed by atoms with Gasteiger partial charge in [-0.1, -0.05) is 50.1 Å². The minimum absolute atomic E-state index is 0.301. The Labute approximate surface area is 143 Å². The largest absolute Gasteiger partial charge is 0.444 e. The molecule has 2 atom stereocenters. The summed E-state index contributed by atoms with van der Waals surface area (Å²) >= 11 is 0. The van der Waals surface area contributed by atoms with Crippen LogP contribution in [0, 0.1) is 10.1 Å². The summed E-state index contributed by atoms with van der Waals surface area (Å²) in [5, 5.41) is 14.3. The van der Waals surface area contributed by atoms with E-state index in [1.807, 2.05) is 18.2 Å². The Hall–Kier alpha value is -2.11. The maximum absolute atomic E-state index is 12.1. The maximum atomic E-state index is 12.1. The van der Waals surface area contributed by atoms with Gasteiger partial charge in [0.2, 0.25) is 6.04 Å². The molecule has 0 aliphatic rings. The molecule has 0 aliphatic heterocycles. The molecule has 24 heavy (non-hydrogen) atoms. The van der Waals surface area contributed by atoms with Crippen molar-refractivity contribution in [3.63, 3.8) is 0 Å². The summed E-state index contributed by atoms with van der Waals surface area (Å²) in [7, 11) is 0. The van der Waals surface area contributed by atoms with Crippen LogP contribution in [0.5, 0.6) is 0 Å². The van der Waals surface area contributed by atoms with Crippen LogP contribution < -0.4 is 5.32 Å². The van der Waals surface area contributed by atoms with Gasteiger partial charge in [-0.25, -0.2) is 4.79 Å². The van der Waals surface area contributed by atoms with E-state index in [4.69, 9.17) is 4.74 Å². The van der Waals surface area contributed by atoms with Crippen LogP contribution in [0.2, 0.25) is 0 Å². The van der Waals surface area contributed by atoms with Crippen molar-refractivity contribution in [2.75, 3.05) is 0 Å². The fourth-order valence-electron chi connectivity index (χ4n) is 2.49. The number of nitro groups is 1. The van der Waals surface area contributed by atoms with E-state index in [0.717, 1.165) is 19.3 Å². The lowest BCUT2D eigenvalue weighted by Gasteiger charge is -2.25. The third-order valence-electron chi connectivity index (χ3n) is 3.59. The highest BCUT2D eigenvalue weighted by molar-refractivity contribution is 5.68. The first-order valence-electron chi connectivity index (χ1n) is 8.42. The number of benzene rings is 1. The minimum atomic E-state index is -0.883. The molecule has 0 unspecified atom stereocenters. The molecule has 1 aromatic rings. The highest BCUT2D eigenvalue weighted by Gasteiger charge is 2.34. The summed E-state index contributed by atoms with van der Waals surface area (Å²) in [5.74, 6) is 0. The topological polar surface area (TPSA) is 81.5 Å². The van der Waals surface area contributed by atoms with Crippen molar-refractivity contribution in [1.29, 1.82) is 0 Å². The molecule has 0 saturated heterocycles. The van der Waals surface area contributed by atoms with Crippen molar-refractivity contribution >= 4 is 6.09 Å². The summed E-state index contributed by atoms with van der Waals surface area (Å²) in [5.41, 5.74) is 0.0547. The first-order chi connectivity index (χ1) is 11.2. The van der Waals surface area contributed by atoms with Crippen molar-refractivity contribution in [3.05, 3.63) is 46.0 Å². The molecule has 0 saturated carbocycles. The summed E-state index contributed by atoms with van der Waals surface area (Å²) in [6, 6.07) is 7.44. The van der Waals surface area contributed by atoms with Gasteiger partial charge in [0, 0.05) is 11.3 Å². The summed E-state index contributed by atoms with van der Waals surface area (Å²) in [6.45, 7) is 7.33. The summed E-state index contributed by atoms with van der Waals surface area (Å²) in [4.78, 5) is 23.4. The highest BCUT2D eigenvalue weighted by atomic mass is 16.6. The van der Waals surface area contributed by atoms with Crippen LogP contribution in [0.1, 0.15) is 65.0 Å². The second-order valence-corrected chi connectivity index (χ2v) is 6.88. The zero-order valence-electron chi connectivity index (χ0n) is 15.0. The fraction of sp³-hybridized carbons (Fsp3) is 0.611. The Morgan fingerprint density at radius 1 is 1.25 bits per heavy atom. The zero-order chi connectivity index (χ0) is 18.2. The summed E-state index contributed by atoms with van der Waals surface area (Å²) < 4.78 is 5.27. The van der Waals surface area contributed by atoms with Gasteiger partial charge >= 0.3 is 6.09 Å². The van der Waals surface area contributed by atoms with Gasteiger partial charge in [-0.15, -0.1) is 0 Å².